The van der Waals surface area contributed by atoms with Gasteiger partial charge in [-0.3, -0.25) is 0 Å². The van der Waals surface area contributed by atoms with Crippen LogP contribution in [0.3, 0.4) is 0 Å². The van der Waals surface area contributed by atoms with Gasteiger partial charge in [0.1, 0.15) is 6.10 Å². The molecule has 5 nitrogen and oxygen atoms in total. The summed E-state index contributed by atoms with van der Waals surface area (Å²) in [5, 5.41) is 10.1. The minimum Gasteiger partial charge on any atom is -0.475 e. The number of hydrogen-bond donors (Lipinski definition) is 2. The lowest BCUT2D eigenvalue weighted by molar-refractivity contribution is -0.192. The van der Waals surface area contributed by atoms with Crippen molar-refractivity contribution >= 4 is 12.0 Å². The number of carboxylic acids is 1. The molecule has 1 unspecified atom stereocenters. The van der Waals surface area contributed by atoms with Gasteiger partial charge in [-0.05, 0) is 13.8 Å². The van der Waals surface area contributed by atoms with E-state index in [-0.39, 0.29) is 6.10 Å². The normalized spacial score (nSPS) is 19.1. The van der Waals surface area contributed by atoms with Crippen molar-refractivity contribution in [2.75, 3.05) is 13.1 Å². The van der Waals surface area contributed by atoms with E-state index in [4.69, 9.17) is 14.6 Å². The Morgan fingerprint density at radius 2 is 2.19 bits per heavy atom. The van der Waals surface area contributed by atoms with E-state index in [2.05, 4.69) is 10.3 Å². The van der Waals surface area contributed by atoms with Gasteiger partial charge in [-0.15, -0.1) is 0 Å². The number of nitrogens with one attached hydrogen (secondary N) is 1. The van der Waals surface area contributed by atoms with Crippen LogP contribution in [0.1, 0.15) is 13.8 Å². The van der Waals surface area contributed by atoms with Crippen LogP contribution in [0.25, 0.3) is 0 Å². The van der Waals surface area contributed by atoms with Crippen molar-refractivity contribution in [3.05, 3.63) is 0 Å². The van der Waals surface area contributed by atoms with Gasteiger partial charge in [-0.2, -0.15) is 13.2 Å². The summed E-state index contributed by atoms with van der Waals surface area (Å²) in [6.07, 6.45) is -4.82. The first-order chi connectivity index (χ1) is 7.27. The van der Waals surface area contributed by atoms with Crippen LogP contribution in [0.4, 0.5) is 13.2 Å². The van der Waals surface area contributed by atoms with Gasteiger partial charge >= 0.3 is 12.1 Å². The molecule has 2 N–H and O–H groups in total. The standard InChI is InChI=1S/C6H12N2O.C2HF3O2/c1-3-7-6-8-4-5(2)9-6;3-2(4,5)1(6)7/h5H,3-4H2,1-2H3,(H,7,8);(H,6,7). The molecule has 0 bridgehead atoms. The van der Waals surface area contributed by atoms with Crippen LogP contribution >= 0.6 is 0 Å². The summed E-state index contributed by atoms with van der Waals surface area (Å²) in [7, 11) is 0. The predicted molar refractivity (Wildman–Crippen MR) is 50.2 cm³/mol. The molecular formula is C8H13F3N2O3. The van der Waals surface area contributed by atoms with Gasteiger partial charge in [-0.25, -0.2) is 9.79 Å². The Morgan fingerprint density at radius 1 is 1.69 bits per heavy atom. The molecule has 0 saturated carbocycles. The van der Waals surface area contributed by atoms with Gasteiger partial charge in [0, 0.05) is 6.54 Å². The van der Waals surface area contributed by atoms with Crippen LogP contribution < -0.4 is 5.32 Å². The first-order valence-corrected chi connectivity index (χ1v) is 4.52. The summed E-state index contributed by atoms with van der Waals surface area (Å²) < 4.78 is 37.0. The highest BCUT2D eigenvalue weighted by molar-refractivity contribution is 5.75. The number of carbonyl (C=O) groups is 1. The molecule has 1 aliphatic rings. The third kappa shape index (κ3) is 6.10. The SMILES string of the molecule is CCNC1=NCC(C)O1.O=C(O)C(F)(F)F. The largest absolute Gasteiger partial charge is 0.490 e. The first-order valence-electron chi connectivity index (χ1n) is 4.52. The second kappa shape index (κ2) is 6.19. The average Bonchev–Trinajstić information content (AvgIpc) is 2.51. The van der Waals surface area contributed by atoms with E-state index in [1.165, 1.54) is 0 Å². The summed E-state index contributed by atoms with van der Waals surface area (Å²) in [5.41, 5.74) is 0. The molecule has 1 heterocycles. The molecule has 0 aromatic carbocycles. The molecule has 8 heteroatoms. The number of carboxylic acid groups (broad SMARTS) is 1. The van der Waals surface area contributed by atoms with E-state index in [1.54, 1.807) is 0 Å². The zero-order valence-electron chi connectivity index (χ0n) is 8.84. The molecule has 0 radical (unpaired) electrons. The lowest BCUT2D eigenvalue weighted by Gasteiger charge is -2.04. The Balaban J connectivity index is 0.000000293. The molecule has 0 amide bonds. The maximum Gasteiger partial charge on any atom is 0.490 e. The van der Waals surface area contributed by atoms with Crippen LogP contribution in [0.15, 0.2) is 4.99 Å². The Labute approximate surface area is 90.3 Å². The molecule has 0 saturated heterocycles. The fourth-order valence-electron chi connectivity index (χ4n) is 0.725. The molecular weight excluding hydrogens is 229 g/mol. The van der Waals surface area contributed by atoms with Gasteiger partial charge in [0.05, 0.1) is 6.54 Å². The van der Waals surface area contributed by atoms with Crippen molar-refractivity contribution in [2.45, 2.75) is 26.1 Å². The number of halogens is 3. The predicted octanol–water partition coefficient (Wildman–Crippen LogP) is 1.00. The lowest BCUT2D eigenvalue weighted by Crippen LogP contribution is -2.24. The van der Waals surface area contributed by atoms with Crippen molar-refractivity contribution in [2.24, 2.45) is 4.99 Å². The minimum atomic E-state index is -5.08. The third-order valence-electron chi connectivity index (χ3n) is 1.38. The molecule has 0 aromatic rings. The zero-order valence-corrected chi connectivity index (χ0v) is 8.84. The average molecular weight is 242 g/mol. The van der Waals surface area contributed by atoms with Crippen molar-refractivity contribution in [3.63, 3.8) is 0 Å². The highest BCUT2D eigenvalue weighted by atomic mass is 19.4. The van der Waals surface area contributed by atoms with Gasteiger partial charge in [0.25, 0.3) is 6.02 Å². The van der Waals surface area contributed by atoms with Crippen LogP contribution in [0, 0.1) is 0 Å². The number of alkyl halides is 3. The van der Waals surface area contributed by atoms with Crippen LogP contribution in [-0.4, -0.2) is 42.5 Å². The van der Waals surface area contributed by atoms with Gasteiger partial charge in [0.15, 0.2) is 0 Å². The lowest BCUT2D eigenvalue weighted by atomic mass is 10.4. The molecule has 16 heavy (non-hydrogen) atoms. The van der Waals surface area contributed by atoms with Gasteiger partial charge in [0.2, 0.25) is 0 Å². The quantitative estimate of drug-likeness (QED) is 0.719. The Hall–Kier alpha value is -1.47. The van der Waals surface area contributed by atoms with E-state index < -0.39 is 12.1 Å². The molecule has 0 spiro atoms. The van der Waals surface area contributed by atoms with Gasteiger partial charge < -0.3 is 15.2 Å². The number of aliphatic carboxylic acids is 1. The Kier molecular flexibility index (Phi) is 5.62. The second-order valence-electron chi connectivity index (χ2n) is 2.91. The molecule has 1 atom stereocenters. The van der Waals surface area contributed by atoms with Crippen LogP contribution in [0.2, 0.25) is 0 Å². The maximum atomic E-state index is 10.6. The minimum absolute atomic E-state index is 0.263. The zero-order chi connectivity index (χ0) is 12.8. The highest BCUT2D eigenvalue weighted by Gasteiger charge is 2.38. The molecule has 0 aliphatic carbocycles. The summed E-state index contributed by atoms with van der Waals surface area (Å²) >= 11 is 0. The van der Waals surface area contributed by atoms with Crippen molar-refractivity contribution in [3.8, 4) is 0 Å². The van der Waals surface area contributed by atoms with E-state index in [1.807, 2.05) is 13.8 Å². The van der Waals surface area contributed by atoms with E-state index in [0.29, 0.717) is 6.02 Å². The Morgan fingerprint density at radius 3 is 2.44 bits per heavy atom. The molecule has 1 aliphatic heterocycles. The van der Waals surface area contributed by atoms with Crippen LogP contribution in [0.5, 0.6) is 0 Å². The number of ether oxygens (including phenoxy) is 1. The van der Waals surface area contributed by atoms with Gasteiger partial charge in [-0.1, -0.05) is 0 Å². The first kappa shape index (κ1) is 14.5. The smallest absolute Gasteiger partial charge is 0.475 e. The summed E-state index contributed by atoms with van der Waals surface area (Å²) in [6, 6.07) is 0.699. The van der Waals surface area contributed by atoms with Crippen molar-refractivity contribution in [1.29, 1.82) is 0 Å². The van der Waals surface area contributed by atoms with E-state index in [0.717, 1.165) is 13.1 Å². The Bertz CT molecular complexity index is 266. The molecule has 94 valence electrons. The number of amidine groups is 1. The summed E-state index contributed by atoms with van der Waals surface area (Å²) in [4.78, 5) is 13.0. The fourth-order valence-corrected chi connectivity index (χ4v) is 0.725. The van der Waals surface area contributed by atoms with E-state index in [9.17, 15) is 13.2 Å². The summed E-state index contributed by atoms with van der Waals surface area (Å²) in [5.74, 6) is -2.76. The maximum absolute atomic E-state index is 10.6. The van der Waals surface area contributed by atoms with E-state index >= 15 is 0 Å². The van der Waals surface area contributed by atoms with Crippen molar-refractivity contribution in [1.82, 2.24) is 5.32 Å². The second-order valence-corrected chi connectivity index (χ2v) is 2.91. The summed E-state index contributed by atoms with van der Waals surface area (Å²) in [6.45, 7) is 5.70. The molecule has 0 fully saturated rings. The monoisotopic (exact) mass is 242 g/mol. The fraction of sp³-hybridized carbons (Fsp3) is 0.750. The third-order valence-corrected chi connectivity index (χ3v) is 1.38. The van der Waals surface area contributed by atoms with Crippen LogP contribution in [-0.2, 0) is 9.53 Å². The number of rotatable bonds is 1. The topological polar surface area (TPSA) is 70.9 Å². The highest BCUT2D eigenvalue weighted by Crippen LogP contribution is 2.13. The van der Waals surface area contributed by atoms with Crippen molar-refractivity contribution < 1.29 is 27.8 Å². The number of hydrogen-bond acceptors (Lipinski definition) is 4. The number of aliphatic imine (C=N–C) groups is 1. The number of nitrogens with zero attached hydrogens (tertiary/aromatic N) is 1. The molecule has 1 rings (SSSR count). The molecule has 0 aromatic heterocycles.